The fraction of sp³-hybridized carbons (Fsp3) is 0.375. The Balaban J connectivity index is 3.50. The molecule has 1 heterocycles. The molecule has 8 heteroatoms. The van der Waals surface area contributed by atoms with Gasteiger partial charge in [-0.25, -0.2) is 8.78 Å². The molecule has 1 N–H and O–H groups in total. The maximum atomic E-state index is 12.4. The number of pyridine rings is 1. The second-order valence-electron chi connectivity index (χ2n) is 2.82. The van der Waals surface area contributed by atoms with Gasteiger partial charge in [-0.1, -0.05) is 15.9 Å². The average molecular weight is 306 g/mol. The van der Waals surface area contributed by atoms with Crippen LogP contribution in [0.3, 0.4) is 0 Å². The Labute approximate surface area is 95.2 Å². The molecular weight excluding hydrogens is 301 g/mol. The van der Waals surface area contributed by atoms with E-state index < -0.39 is 29.5 Å². The molecule has 0 atom stereocenters. The summed E-state index contributed by atoms with van der Waals surface area (Å²) < 4.78 is 62.0. The zero-order valence-corrected chi connectivity index (χ0v) is 9.11. The number of hydrogen-bond donors (Lipinski definition) is 1. The van der Waals surface area contributed by atoms with Crippen LogP contribution in [0.2, 0.25) is 0 Å². The van der Waals surface area contributed by atoms with Crippen molar-refractivity contribution in [2.75, 3.05) is 0 Å². The number of halogens is 6. The van der Waals surface area contributed by atoms with Crippen LogP contribution in [0, 0.1) is 0 Å². The topological polar surface area (TPSA) is 33.1 Å². The first-order valence-corrected chi connectivity index (χ1v) is 5.03. The first-order chi connectivity index (χ1) is 7.29. The van der Waals surface area contributed by atoms with E-state index in [1.54, 1.807) is 0 Å². The number of aromatic hydroxyl groups is 1. The summed E-state index contributed by atoms with van der Waals surface area (Å²) in [6.45, 7) is 0. The molecule has 0 saturated carbocycles. The smallest absolute Gasteiger partial charge is 0.420 e. The van der Waals surface area contributed by atoms with Crippen LogP contribution < -0.4 is 0 Å². The van der Waals surface area contributed by atoms with Crippen molar-refractivity contribution in [1.29, 1.82) is 0 Å². The molecular formula is C8H5BrF5NO. The molecule has 0 saturated heterocycles. The van der Waals surface area contributed by atoms with E-state index in [1.807, 2.05) is 0 Å². The van der Waals surface area contributed by atoms with Gasteiger partial charge in [0.15, 0.2) is 5.75 Å². The highest BCUT2D eigenvalue weighted by Gasteiger charge is 2.40. The van der Waals surface area contributed by atoms with Gasteiger partial charge in [-0.05, 0) is 0 Å². The standard InChI is InChI=1S/C8H5BrF5NO/c9-1-4-6(16)5(8(12,13)14)3(2-15-4)7(10)11/h2,7,16H,1H2. The van der Waals surface area contributed by atoms with E-state index in [0.717, 1.165) is 0 Å². The van der Waals surface area contributed by atoms with Crippen LogP contribution in [-0.4, -0.2) is 10.1 Å². The zero-order chi connectivity index (χ0) is 12.5. The summed E-state index contributed by atoms with van der Waals surface area (Å²) in [7, 11) is 0. The van der Waals surface area contributed by atoms with E-state index in [1.165, 1.54) is 0 Å². The first-order valence-electron chi connectivity index (χ1n) is 3.91. The van der Waals surface area contributed by atoms with Crippen molar-refractivity contribution in [2.45, 2.75) is 17.9 Å². The second-order valence-corrected chi connectivity index (χ2v) is 3.38. The van der Waals surface area contributed by atoms with Crippen molar-refractivity contribution in [1.82, 2.24) is 4.98 Å². The van der Waals surface area contributed by atoms with Crippen molar-refractivity contribution in [2.24, 2.45) is 0 Å². The third-order valence-corrected chi connectivity index (χ3v) is 2.33. The maximum absolute atomic E-state index is 12.4. The van der Waals surface area contributed by atoms with Crippen LogP contribution >= 0.6 is 15.9 Å². The Hall–Kier alpha value is -0.920. The van der Waals surface area contributed by atoms with Crippen molar-refractivity contribution >= 4 is 15.9 Å². The molecule has 16 heavy (non-hydrogen) atoms. The molecule has 1 aromatic rings. The van der Waals surface area contributed by atoms with Crippen LogP contribution in [0.4, 0.5) is 22.0 Å². The Bertz CT molecular complexity index is 393. The largest absolute Gasteiger partial charge is 0.505 e. The minimum Gasteiger partial charge on any atom is -0.505 e. The molecule has 0 aliphatic rings. The van der Waals surface area contributed by atoms with Gasteiger partial charge in [-0.2, -0.15) is 13.2 Å². The lowest BCUT2D eigenvalue weighted by Crippen LogP contribution is -2.12. The van der Waals surface area contributed by atoms with Gasteiger partial charge in [0.05, 0.1) is 11.3 Å². The van der Waals surface area contributed by atoms with Gasteiger partial charge in [-0.15, -0.1) is 0 Å². The van der Waals surface area contributed by atoms with Crippen molar-refractivity contribution in [3.63, 3.8) is 0 Å². The van der Waals surface area contributed by atoms with Gasteiger partial charge in [0.25, 0.3) is 6.43 Å². The van der Waals surface area contributed by atoms with Gasteiger partial charge < -0.3 is 5.11 Å². The average Bonchev–Trinajstić information content (AvgIpc) is 2.14. The highest BCUT2D eigenvalue weighted by atomic mass is 79.9. The third-order valence-electron chi connectivity index (χ3n) is 1.80. The van der Waals surface area contributed by atoms with Crippen molar-refractivity contribution in [3.8, 4) is 5.75 Å². The normalized spacial score (nSPS) is 12.2. The Morgan fingerprint density at radius 2 is 1.94 bits per heavy atom. The second kappa shape index (κ2) is 4.52. The number of hydrogen-bond acceptors (Lipinski definition) is 2. The van der Waals surface area contributed by atoms with Gasteiger partial charge in [0, 0.05) is 11.5 Å². The fourth-order valence-electron chi connectivity index (χ4n) is 1.12. The zero-order valence-electron chi connectivity index (χ0n) is 7.52. The molecule has 0 amide bonds. The SMILES string of the molecule is Oc1c(CBr)ncc(C(F)F)c1C(F)(F)F. The summed E-state index contributed by atoms with van der Waals surface area (Å²) in [4.78, 5) is 3.32. The first kappa shape index (κ1) is 13.1. The molecule has 0 unspecified atom stereocenters. The minimum atomic E-state index is -5.05. The van der Waals surface area contributed by atoms with Crippen LogP contribution in [0.1, 0.15) is 23.2 Å². The Morgan fingerprint density at radius 1 is 1.38 bits per heavy atom. The molecule has 0 aliphatic heterocycles. The van der Waals surface area contributed by atoms with E-state index in [4.69, 9.17) is 0 Å². The molecule has 0 aromatic carbocycles. The highest BCUT2D eigenvalue weighted by molar-refractivity contribution is 9.08. The summed E-state index contributed by atoms with van der Waals surface area (Å²) in [5, 5.41) is 9.05. The van der Waals surface area contributed by atoms with Crippen LogP contribution in [0.25, 0.3) is 0 Å². The van der Waals surface area contributed by atoms with Crippen molar-refractivity contribution < 1.29 is 27.1 Å². The molecule has 90 valence electrons. The maximum Gasteiger partial charge on any atom is 0.420 e. The molecule has 0 aliphatic carbocycles. The Kier molecular flexibility index (Phi) is 3.72. The van der Waals surface area contributed by atoms with Crippen LogP contribution in [0.5, 0.6) is 5.75 Å². The summed E-state index contributed by atoms with van der Waals surface area (Å²) in [5.41, 5.74) is -3.39. The number of rotatable bonds is 2. The number of aromatic nitrogens is 1. The van der Waals surface area contributed by atoms with Crippen LogP contribution in [-0.2, 0) is 11.5 Å². The molecule has 0 bridgehead atoms. The Morgan fingerprint density at radius 3 is 2.31 bits per heavy atom. The van der Waals surface area contributed by atoms with Gasteiger partial charge >= 0.3 is 6.18 Å². The summed E-state index contributed by atoms with van der Waals surface area (Å²) in [6, 6.07) is 0. The molecule has 1 rings (SSSR count). The fourth-order valence-corrected chi connectivity index (χ4v) is 1.53. The van der Waals surface area contributed by atoms with Crippen molar-refractivity contribution in [3.05, 3.63) is 23.0 Å². The van der Waals surface area contributed by atoms with Gasteiger partial charge in [0.1, 0.15) is 5.56 Å². The van der Waals surface area contributed by atoms with Gasteiger partial charge in [-0.3, -0.25) is 4.98 Å². The molecule has 0 fully saturated rings. The monoisotopic (exact) mass is 305 g/mol. The molecule has 1 aromatic heterocycles. The van der Waals surface area contributed by atoms with E-state index >= 15 is 0 Å². The van der Waals surface area contributed by atoms with E-state index in [9.17, 15) is 27.1 Å². The van der Waals surface area contributed by atoms with E-state index in [2.05, 4.69) is 20.9 Å². The number of alkyl halides is 6. The van der Waals surface area contributed by atoms with Crippen LogP contribution in [0.15, 0.2) is 6.20 Å². The number of nitrogens with zero attached hydrogens (tertiary/aromatic N) is 1. The lowest BCUT2D eigenvalue weighted by Gasteiger charge is -2.15. The van der Waals surface area contributed by atoms with Gasteiger partial charge in [0.2, 0.25) is 0 Å². The van der Waals surface area contributed by atoms with E-state index in [-0.39, 0.29) is 11.0 Å². The summed E-state index contributed by atoms with van der Waals surface area (Å²) in [5.74, 6) is -1.26. The lowest BCUT2D eigenvalue weighted by molar-refractivity contribution is -0.140. The summed E-state index contributed by atoms with van der Waals surface area (Å²) >= 11 is 2.79. The molecule has 0 radical (unpaired) electrons. The lowest BCUT2D eigenvalue weighted by atomic mass is 10.1. The molecule has 0 spiro atoms. The predicted molar refractivity (Wildman–Crippen MR) is 48.5 cm³/mol. The quantitative estimate of drug-likeness (QED) is 0.668. The highest BCUT2D eigenvalue weighted by Crippen LogP contribution is 2.42. The van der Waals surface area contributed by atoms with E-state index in [0.29, 0.717) is 6.20 Å². The minimum absolute atomic E-state index is 0.161. The summed E-state index contributed by atoms with van der Waals surface area (Å²) in [6.07, 6.45) is -7.97. The third kappa shape index (κ3) is 2.42. The predicted octanol–water partition coefficient (Wildman–Crippen LogP) is 3.64. The molecule has 2 nitrogen and oxygen atoms in total.